The number of piperidine rings is 1. The van der Waals surface area contributed by atoms with E-state index in [1.54, 1.807) is 30.3 Å². The van der Waals surface area contributed by atoms with Crippen LogP contribution in [0.3, 0.4) is 0 Å². The van der Waals surface area contributed by atoms with E-state index in [4.69, 9.17) is 4.74 Å². The average Bonchev–Trinajstić information content (AvgIpc) is 2.85. The molecule has 0 unspecified atom stereocenters. The summed E-state index contributed by atoms with van der Waals surface area (Å²) in [4.78, 5) is 2.36. The normalized spacial score (nSPS) is 14.4. The van der Waals surface area contributed by atoms with Crippen molar-refractivity contribution in [2.75, 3.05) is 31.6 Å². The number of phenolic OH excluding ortho intramolecular Hbond substituents is 2. The van der Waals surface area contributed by atoms with Crippen molar-refractivity contribution < 1.29 is 19.3 Å². The Morgan fingerprint density at radius 2 is 1.65 bits per heavy atom. The monoisotopic (exact) mass is 462 g/mol. The Balaban J connectivity index is 1.35. The van der Waals surface area contributed by atoms with Crippen molar-refractivity contribution in [1.29, 1.82) is 0 Å². The van der Waals surface area contributed by atoms with Gasteiger partial charge in [0.05, 0.1) is 0 Å². The van der Waals surface area contributed by atoms with Crippen LogP contribution in [-0.2, 0) is 6.54 Å². The van der Waals surface area contributed by atoms with Gasteiger partial charge in [-0.15, -0.1) is 0 Å². The van der Waals surface area contributed by atoms with Crippen LogP contribution in [0.25, 0.3) is 12.2 Å². The minimum atomic E-state index is -0.374. The SMILES string of the molecule is Oc1ccc(/C=C/c2ccc(O)cc2NCc2ccc(OCCN3CCCCC3)c(F)c2)cc1. The summed E-state index contributed by atoms with van der Waals surface area (Å²) in [5.74, 6) is 0.264. The summed E-state index contributed by atoms with van der Waals surface area (Å²) in [5.41, 5.74) is 3.33. The molecule has 0 aliphatic carbocycles. The Bertz CT molecular complexity index is 1110. The largest absolute Gasteiger partial charge is 0.508 e. The van der Waals surface area contributed by atoms with E-state index in [9.17, 15) is 14.6 Å². The van der Waals surface area contributed by atoms with Crippen molar-refractivity contribution in [3.8, 4) is 17.2 Å². The van der Waals surface area contributed by atoms with Crippen LogP contribution in [-0.4, -0.2) is 41.4 Å². The summed E-state index contributed by atoms with van der Waals surface area (Å²) in [5, 5.41) is 22.6. The van der Waals surface area contributed by atoms with Gasteiger partial charge in [-0.1, -0.05) is 36.8 Å². The van der Waals surface area contributed by atoms with E-state index in [0.717, 1.165) is 42.0 Å². The van der Waals surface area contributed by atoms with Crippen LogP contribution < -0.4 is 10.1 Å². The summed E-state index contributed by atoms with van der Waals surface area (Å²) in [6.45, 7) is 3.89. The number of ether oxygens (including phenoxy) is 1. The van der Waals surface area contributed by atoms with Gasteiger partial charge in [-0.05, 0) is 79.0 Å². The van der Waals surface area contributed by atoms with Gasteiger partial charge in [0.15, 0.2) is 11.6 Å². The van der Waals surface area contributed by atoms with E-state index >= 15 is 0 Å². The molecule has 3 N–H and O–H groups in total. The molecule has 3 aromatic rings. The molecule has 0 amide bonds. The summed E-state index contributed by atoms with van der Waals surface area (Å²) in [6, 6.07) is 17.0. The third-order valence-electron chi connectivity index (χ3n) is 5.98. The van der Waals surface area contributed by atoms with Gasteiger partial charge < -0.3 is 20.3 Å². The number of aromatic hydroxyl groups is 2. The fourth-order valence-electron chi connectivity index (χ4n) is 4.05. The van der Waals surface area contributed by atoms with Gasteiger partial charge in [0.1, 0.15) is 18.1 Å². The van der Waals surface area contributed by atoms with Gasteiger partial charge in [0, 0.05) is 24.8 Å². The van der Waals surface area contributed by atoms with Crippen molar-refractivity contribution in [1.82, 2.24) is 4.90 Å². The first kappa shape index (κ1) is 23.6. The smallest absolute Gasteiger partial charge is 0.165 e. The van der Waals surface area contributed by atoms with E-state index in [0.29, 0.717) is 13.2 Å². The number of benzene rings is 3. The first-order chi connectivity index (χ1) is 16.6. The zero-order chi connectivity index (χ0) is 23.8. The van der Waals surface area contributed by atoms with Crippen LogP contribution in [0.4, 0.5) is 10.1 Å². The number of hydrogen-bond donors (Lipinski definition) is 3. The van der Waals surface area contributed by atoms with Crippen LogP contribution in [0.2, 0.25) is 0 Å². The minimum absolute atomic E-state index is 0.146. The van der Waals surface area contributed by atoms with Crippen molar-refractivity contribution in [2.45, 2.75) is 25.8 Å². The van der Waals surface area contributed by atoms with Crippen LogP contribution in [0, 0.1) is 5.82 Å². The first-order valence-electron chi connectivity index (χ1n) is 11.7. The third kappa shape index (κ3) is 6.75. The highest BCUT2D eigenvalue weighted by atomic mass is 19.1. The molecule has 1 heterocycles. The highest BCUT2D eigenvalue weighted by molar-refractivity contribution is 5.77. The number of likely N-dealkylation sites (tertiary alicyclic amines) is 1. The van der Waals surface area contributed by atoms with Crippen LogP contribution in [0.1, 0.15) is 36.0 Å². The van der Waals surface area contributed by atoms with Gasteiger partial charge in [-0.25, -0.2) is 4.39 Å². The summed E-state index contributed by atoms with van der Waals surface area (Å²) in [6.07, 6.45) is 7.59. The molecule has 5 nitrogen and oxygen atoms in total. The van der Waals surface area contributed by atoms with Gasteiger partial charge in [0.2, 0.25) is 0 Å². The van der Waals surface area contributed by atoms with Crippen molar-refractivity contribution in [2.24, 2.45) is 0 Å². The second kappa shape index (κ2) is 11.6. The summed E-state index contributed by atoms with van der Waals surface area (Å²) in [7, 11) is 0. The third-order valence-corrected chi connectivity index (χ3v) is 5.98. The fraction of sp³-hybridized carbons (Fsp3) is 0.286. The maximum atomic E-state index is 14.6. The molecule has 6 heteroatoms. The summed E-state index contributed by atoms with van der Waals surface area (Å²) >= 11 is 0. The lowest BCUT2D eigenvalue weighted by Gasteiger charge is -2.26. The molecule has 1 fully saturated rings. The Hall–Kier alpha value is -3.51. The molecule has 0 saturated carbocycles. The molecule has 0 radical (unpaired) electrons. The average molecular weight is 463 g/mol. The number of hydrogen-bond acceptors (Lipinski definition) is 5. The molecule has 0 aromatic heterocycles. The van der Waals surface area contributed by atoms with E-state index in [1.807, 2.05) is 36.4 Å². The van der Waals surface area contributed by atoms with Crippen molar-refractivity contribution >= 4 is 17.8 Å². The number of rotatable bonds is 9. The van der Waals surface area contributed by atoms with E-state index in [1.165, 1.54) is 25.3 Å². The molecular weight excluding hydrogens is 431 g/mol. The molecule has 4 rings (SSSR count). The quantitative estimate of drug-likeness (QED) is 0.346. The minimum Gasteiger partial charge on any atom is -0.508 e. The number of halogens is 1. The van der Waals surface area contributed by atoms with Crippen molar-refractivity contribution in [3.63, 3.8) is 0 Å². The molecule has 178 valence electrons. The van der Waals surface area contributed by atoms with Crippen LogP contribution >= 0.6 is 0 Å². The lowest BCUT2D eigenvalue weighted by atomic mass is 10.1. The van der Waals surface area contributed by atoms with E-state index in [-0.39, 0.29) is 23.1 Å². The molecule has 0 atom stereocenters. The highest BCUT2D eigenvalue weighted by Crippen LogP contribution is 2.26. The molecule has 0 bridgehead atoms. The van der Waals surface area contributed by atoms with Gasteiger partial charge in [-0.2, -0.15) is 0 Å². The van der Waals surface area contributed by atoms with Gasteiger partial charge in [-0.3, -0.25) is 4.90 Å². The van der Waals surface area contributed by atoms with Crippen LogP contribution in [0.5, 0.6) is 17.2 Å². The molecular formula is C28H31FN2O3. The number of anilines is 1. The second-order valence-corrected chi connectivity index (χ2v) is 8.57. The zero-order valence-electron chi connectivity index (χ0n) is 19.2. The predicted molar refractivity (Wildman–Crippen MR) is 135 cm³/mol. The standard InChI is InChI=1S/C28H31FN2O3/c29-26-18-22(7-13-28(26)34-17-16-31-14-2-1-3-15-31)20-30-27-19-25(33)12-9-23(27)8-4-21-5-10-24(32)11-6-21/h4-13,18-19,30,32-33H,1-3,14-17,20H2/b8-4+. The molecule has 0 spiro atoms. The maximum absolute atomic E-state index is 14.6. The fourth-order valence-corrected chi connectivity index (χ4v) is 4.05. The molecule has 1 aliphatic rings. The lowest BCUT2D eigenvalue weighted by molar-refractivity contribution is 0.180. The van der Waals surface area contributed by atoms with Crippen molar-refractivity contribution in [3.05, 3.63) is 83.2 Å². The maximum Gasteiger partial charge on any atom is 0.165 e. The topological polar surface area (TPSA) is 65.0 Å². The van der Waals surface area contributed by atoms with Gasteiger partial charge >= 0.3 is 0 Å². The van der Waals surface area contributed by atoms with Gasteiger partial charge in [0.25, 0.3) is 0 Å². The Morgan fingerprint density at radius 1 is 0.882 bits per heavy atom. The number of phenols is 2. The Morgan fingerprint density at radius 3 is 2.41 bits per heavy atom. The Kier molecular flexibility index (Phi) is 8.04. The number of nitrogens with one attached hydrogen (secondary N) is 1. The van der Waals surface area contributed by atoms with Crippen LogP contribution in [0.15, 0.2) is 60.7 Å². The second-order valence-electron chi connectivity index (χ2n) is 8.57. The zero-order valence-corrected chi connectivity index (χ0v) is 19.2. The first-order valence-corrected chi connectivity index (χ1v) is 11.7. The van der Waals surface area contributed by atoms with E-state index in [2.05, 4.69) is 10.2 Å². The summed E-state index contributed by atoms with van der Waals surface area (Å²) < 4.78 is 20.3. The molecule has 1 saturated heterocycles. The molecule has 3 aromatic carbocycles. The number of nitrogens with zero attached hydrogens (tertiary/aromatic N) is 1. The highest BCUT2D eigenvalue weighted by Gasteiger charge is 2.11. The predicted octanol–water partition coefficient (Wildman–Crippen LogP) is 5.88. The van der Waals surface area contributed by atoms with E-state index < -0.39 is 0 Å². The molecule has 1 aliphatic heterocycles. The lowest BCUT2D eigenvalue weighted by Crippen LogP contribution is -2.33. The Labute approximate surface area is 200 Å². The molecule has 34 heavy (non-hydrogen) atoms.